The van der Waals surface area contributed by atoms with Crippen LogP contribution in [0.5, 0.6) is 0 Å². The molecule has 0 unspecified atom stereocenters. The van der Waals surface area contributed by atoms with E-state index in [1.165, 1.54) is 25.9 Å². The van der Waals surface area contributed by atoms with Gasteiger partial charge >= 0.3 is 0 Å². The van der Waals surface area contributed by atoms with Crippen LogP contribution in [0.3, 0.4) is 0 Å². The molecule has 1 N–H and O–H groups in total. The van der Waals surface area contributed by atoms with E-state index in [9.17, 15) is 4.79 Å². The lowest BCUT2D eigenvalue weighted by atomic mass is 10.3. The third kappa shape index (κ3) is 2.89. The van der Waals surface area contributed by atoms with E-state index in [2.05, 4.69) is 10.2 Å². The summed E-state index contributed by atoms with van der Waals surface area (Å²) in [7, 11) is 0. The number of hydrogen-bond acceptors (Lipinski definition) is 2. The van der Waals surface area contributed by atoms with Gasteiger partial charge in [-0.25, -0.2) is 0 Å². The van der Waals surface area contributed by atoms with Crippen molar-refractivity contribution in [1.82, 2.24) is 10.2 Å². The minimum atomic E-state index is 0.297. The standard InChI is InChI=1S/C8H16N2O/c1-8(9-7-11)6-10-4-2-3-5-10/h7-8H,2-6H2,1H3,(H,9,11)/t8-/m0/s1. The summed E-state index contributed by atoms with van der Waals surface area (Å²) in [5.41, 5.74) is 0. The second kappa shape index (κ2) is 4.34. The summed E-state index contributed by atoms with van der Waals surface area (Å²) in [6, 6.07) is 0.297. The molecule has 0 bridgehead atoms. The van der Waals surface area contributed by atoms with E-state index < -0.39 is 0 Å². The molecule has 0 aromatic carbocycles. The molecule has 1 amide bonds. The zero-order chi connectivity index (χ0) is 8.10. The normalized spacial score (nSPS) is 21.5. The monoisotopic (exact) mass is 156 g/mol. The third-order valence-corrected chi connectivity index (χ3v) is 2.08. The van der Waals surface area contributed by atoms with Crippen molar-refractivity contribution < 1.29 is 4.79 Å². The highest BCUT2D eigenvalue weighted by atomic mass is 16.1. The molecular formula is C8H16N2O. The zero-order valence-corrected chi connectivity index (χ0v) is 7.05. The van der Waals surface area contributed by atoms with Crippen LogP contribution in [-0.2, 0) is 4.79 Å². The smallest absolute Gasteiger partial charge is 0.207 e. The Morgan fingerprint density at radius 3 is 2.73 bits per heavy atom. The highest BCUT2D eigenvalue weighted by Gasteiger charge is 2.13. The van der Waals surface area contributed by atoms with Gasteiger partial charge < -0.3 is 10.2 Å². The van der Waals surface area contributed by atoms with Crippen molar-refractivity contribution in [3.8, 4) is 0 Å². The molecular weight excluding hydrogens is 140 g/mol. The first-order valence-corrected chi connectivity index (χ1v) is 4.25. The molecule has 0 radical (unpaired) electrons. The van der Waals surface area contributed by atoms with Crippen LogP contribution in [0, 0.1) is 0 Å². The summed E-state index contributed by atoms with van der Waals surface area (Å²) in [4.78, 5) is 12.4. The van der Waals surface area contributed by atoms with E-state index >= 15 is 0 Å². The van der Waals surface area contributed by atoms with Gasteiger partial charge in [0.2, 0.25) is 6.41 Å². The molecule has 3 nitrogen and oxygen atoms in total. The summed E-state index contributed by atoms with van der Waals surface area (Å²) < 4.78 is 0. The molecule has 1 fully saturated rings. The lowest BCUT2D eigenvalue weighted by Crippen LogP contribution is -2.37. The number of hydrogen-bond donors (Lipinski definition) is 1. The number of nitrogens with one attached hydrogen (secondary N) is 1. The minimum Gasteiger partial charge on any atom is -0.355 e. The Bertz CT molecular complexity index is 121. The fourth-order valence-electron chi connectivity index (χ4n) is 1.52. The number of nitrogens with zero attached hydrogens (tertiary/aromatic N) is 1. The van der Waals surface area contributed by atoms with Crippen LogP contribution in [0.1, 0.15) is 19.8 Å². The molecule has 1 rings (SSSR count). The number of carbonyl (C=O) groups excluding carboxylic acids is 1. The van der Waals surface area contributed by atoms with E-state index in [1.54, 1.807) is 0 Å². The topological polar surface area (TPSA) is 32.3 Å². The van der Waals surface area contributed by atoms with Gasteiger partial charge in [-0.2, -0.15) is 0 Å². The van der Waals surface area contributed by atoms with Crippen LogP contribution >= 0.6 is 0 Å². The van der Waals surface area contributed by atoms with Crippen molar-refractivity contribution in [1.29, 1.82) is 0 Å². The number of rotatable bonds is 4. The first-order chi connectivity index (χ1) is 5.33. The second-order valence-electron chi connectivity index (χ2n) is 3.19. The Morgan fingerprint density at radius 1 is 1.55 bits per heavy atom. The van der Waals surface area contributed by atoms with E-state index in [0.29, 0.717) is 6.04 Å². The lowest BCUT2D eigenvalue weighted by molar-refractivity contribution is -0.110. The zero-order valence-electron chi connectivity index (χ0n) is 7.05. The average Bonchev–Trinajstić information content (AvgIpc) is 2.40. The highest BCUT2D eigenvalue weighted by Crippen LogP contribution is 2.06. The second-order valence-corrected chi connectivity index (χ2v) is 3.19. The van der Waals surface area contributed by atoms with Gasteiger partial charge in [0.15, 0.2) is 0 Å². The molecule has 1 atom stereocenters. The van der Waals surface area contributed by atoms with Crippen LogP contribution in [-0.4, -0.2) is 37.0 Å². The lowest BCUT2D eigenvalue weighted by Gasteiger charge is -2.19. The minimum absolute atomic E-state index is 0.297. The maximum atomic E-state index is 10.1. The Balaban J connectivity index is 2.12. The predicted molar refractivity (Wildman–Crippen MR) is 44.3 cm³/mol. The summed E-state index contributed by atoms with van der Waals surface area (Å²) in [6.07, 6.45) is 3.41. The fourth-order valence-corrected chi connectivity index (χ4v) is 1.52. The molecule has 0 aromatic rings. The Morgan fingerprint density at radius 2 is 2.18 bits per heavy atom. The molecule has 1 saturated heterocycles. The molecule has 0 aromatic heterocycles. The highest BCUT2D eigenvalue weighted by molar-refractivity contribution is 5.46. The molecule has 11 heavy (non-hydrogen) atoms. The van der Waals surface area contributed by atoms with Gasteiger partial charge in [0.05, 0.1) is 0 Å². The first-order valence-electron chi connectivity index (χ1n) is 4.25. The van der Waals surface area contributed by atoms with Gasteiger partial charge in [0.1, 0.15) is 0 Å². The summed E-state index contributed by atoms with van der Waals surface area (Å²) in [5, 5.41) is 2.75. The molecule has 3 heteroatoms. The molecule has 1 heterocycles. The Hall–Kier alpha value is -0.570. The summed E-state index contributed by atoms with van der Waals surface area (Å²) in [6.45, 7) is 5.43. The predicted octanol–water partition coefficient (Wildman–Crippen LogP) is 0.217. The maximum Gasteiger partial charge on any atom is 0.207 e. The molecule has 0 aliphatic carbocycles. The van der Waals surface area contributed by atoms with Crippen molar-refractivity contribution in [2.45, 2.75) is 25.8 Å². The molecule has 1 aliphatic heterocycles. The van der Waals surface area contributed by atoms with Gasteiger partial charge in [0.25, 0.3) is 0 Å². The maximum absolute atomic E-state index is 10.1. The fraction of sp³-hybridized carbons (Fsp3) is 0.875. The molecule has 0 spiro atoms. The first kappa shape index (κ1) is 8.53. The van der Waals surface area contributed by atoms with Gasteiger partial charge in [-0.1, -0.05) is 0 Å². The van der Waals surface area contributed by atoms with Gasteiger partial charge in [0, 0.05) is 12.6 Å². The van der Waals surface area contributed by atoms with Crippen molar-refractivity contribution in [3.63, 3.8) is 0 Å². The van der Waals surface area contributed by atoms with Crippen LogP contribution in [0.15, 0.2) is 0 Å². The van der Waals surface area contributed by atoms with Crippen molar-refractivity contribution in [2.24, 2.45) is 0 Å². The molecule has 0 saturated carbocycles. The number of likely N-dealkylation sites (tertiary alicyclic amines) is 1. The van der Waals surface area contributed by atoms with E-state index in [1.807, 2.05) is 6.92 Å². The Kier molecular flexibility index (Phi) is 3.36. The number of amides is 1. The van der Waals surface area contributed by atoms with E-state index in [-0.39, 0.29) is 0 Å². The van der Waals surface area contributed by atoms with E-state index in [4.69, 9.17) is 0 Å². The summed E-state index contributed by atoms with van der Waals surface area (Å²) in [5.74, 6) is 0. The van der Waals surface area contributed by atoms with Crippen molar-refractivity contribution >= 4 is 6.41 Å². The van der Waals surface area contributed by atoms with Gasteiger partial charge in [-0.15, -0.1) is 0 Å². The van der Waals surface area contributed by atoms with Gasteiger partial charge in [-0.05, 0) is 32.9 Å². The number of carbonyl (C=O) groups is 1. The molecule has 1 aliphatic rings. The van der Waals surface area contributed by atoms with Crippen LogP contribution in [0.25, 0.3) is 0 Å². The SMILES string of the molecule is C[C@@H](CN1CCCC1)NC=O. The average molecular weight is 156 g/mol. The summed E-state index contributed by atoms with van der Waals surface area (Å²) >= 11 is 0. The van der Waals surface area contributed by atoms with Crippen LogP contribution < -0.4 is 5.32 Å². The van der Waals surface area contributed by atoms with Crippen molar-refractivity contribution in [2.75, 3.05) is 19.6 Å². The Labute approximate surface area is 67.8 Å². The van der Waals surface area contributed by atoms with Crippen molar-refractivity contribution in [3.05, 3.63) is 0 Å². The molecule has 64 valence electrons. The van der Waals surface area contributed by atoms with Crippen LogP contribution in [0.2, 0.25) is 0 Å². The van der Waals surface area contributed by atoms with E-state index in [0.717, 1.165) is 13.0 Å². The quantitative estimate of drug-likeness (QED) is 0.590. The van der Waals surface area contributed by atoms with Gasteiger partial charge in [-0.3, -0.25) is 4.79 Å². The van der Waals surface area contributed by atoms with Crippen LogP contribution in [0.4, 0.5) is 0 Å². The third-order valence-electron chi connectivity index (χ3n) is 2.08. The largest absolute Gasteiger partial charge is 0.355 e.